The van der Waals surface area contributed by atoms with Crippen LogP contribution in [0.3, 0.4) is 0 Å². The highest BCUT2D eigenvalue weighted by molar-refractivity contribution is 7.11. The summed E-state index contributed by atoms with van der Waals surface area (Å²) in [4.78, 5) is 13.7. The van der Waals surface area contributed by atoms with Gasteiger partial charge in [0.15, 0.2) is 0 Å². The van der Waals surface area contributed by atoms with Crippen molar-refractivity contribution in [1.29, 1.82) is 0 Å². The number of aryl methyl sites for hydroxylation is 4. The number of anilines is 1. The van der Waals surface area contributed by atoms with Crippen molar-refractivity contribution in [2.24, 2.45) is 0 Å². The number of aromatic amines is 1. The molecular weight excluding hydrogens is 292 g/mol. The van der Waals surface area contributed by atoms with Crippen molar-refractivity contribution in [3.05, 3.63) is 51.2 Å². The van der Waals surface area contributed by atoms with Crippen LogP contribution in [0.4, 0.5) is 5.69 Å². The normalized spacial score (nSPS) is 10.9. The third-order valence-corrected chi connectivity index (χ3v) is 4.85. The lowest BCUT2D eigenvalue weighted by Crippen LogP contribution is -1.99. The molecule has 0 aliphatic rings. The zero-order valence-electron chi connectivity index (χ0n) is 13.3. The number of rotatable bonds is 4. The minimum absolute atomic E-state index is 0.749. The van der Waals surface area contributed by atoms with Crippen LogP contribution in [0, 0.1) is 27.7 Å². The van der Waals surface area contributed by atoms with E-state index in [2.05, 4.69) is 52.3 Å². The lowest BCUT2D eigenvalue weighted by Gasteiger charge is -2.06. The molecule has 2 N–H and O–H groups in total. The van der Waals surface area contributed by atoms with E-state index < -0.39 is 0 Å². The second kappa shape index (κ2) is 5.93. The Labute approximate surface area is 134 Å². The molecule has 0 radical (unpaired) electrons. The van der Waals surface area contributed by atoms with E-state index >= 15 is 0 Å². The van der Waals surface area contributed by atoms with Gasteiger partial charge in [0.05, 0.1) is 17.9 Å². The summed E-state index contributed by atoms with van der Waals surface area (Å²) >= 11 is 1.75. The van der Waals surface area contributed by atoms with Crippen LogP contribution in [0.25, 0.3) is 11.4 Å². The van der Waals surface area contributed by atoms with Gasteiger partial charge in [-0.15, -0.1) is 11.3 Å². The van der Waals surface area contributed by atoms with Crippen LogP contribution in [0.2, 0.25) is 0 Å². The van der Waals surface area contributed by atoms with E-state index in [4.69, 9.17) is 0 Å². The number of aromatic nitrogens is 3. The summed E-state index contributed by atoms with van der Waals surface area (Å²) in [6, 6.07) is 8.30. The lowest BCUT2D eigenvalue weighted by atomic mass is 10.2. The van der Waals surface area contributed by atoms with Gasteiger partial charge < -0.3 is 10.3 Å². The molecule has 3 rings (SSSR count). The maximum absolute atomic E-state index is 4.56. The molecule has 0 saturated heterocycles. The summed E-state index contributed by atoms with van der Waals surface area (Å²) in [6.45, 7) is 8.97. The molecule has 0 aliphatic carbocycles. The van der Waals surface area contributed by atoms with Gasteiger partial charge >= 0.3 is 0 Å². The van der Waals surface area contributed by atoms with Crippen molar-refractivity contribution in [2.45, 2.75) is 34.2 Å². The molecule has 3 aromatic rings. The van der Waals surface area contributed by atoms with Gasteiger partial charge in [-0.25, -0.2) is 9.97 Å². The third kappa shape index (κ3) is 3.04. The molecule has 5 heteroatoms. The van der Waals surface area contributed by atoms with Gasteiger partial charge in [-0.2, -0.15) is 0 Å². The second-order valence-electron chi connectivity index (χ2n) is 5.48. The molecule has 0 saturated carbocycles. The van der Waals surface area contributed by atoms with Crippen molar-refractivity contribution < 1.29 is 0 Å². The highest BCUT2D eigenvalue weighted by Gasteiger charge is 2.07. The van der Waals surface area contributed by atoms with Gasteiger partial charge in [0.2, 0.25) is 0 Å². The predicted molar refractivity (Wildman–Crippen MR) is 92.4 cm³/mol. The Hall–Kier alpha value is -2.14. The topological polar surface area (TPSA) is 53.6 Å². The van der Waals surface area contributed by atoms with Crippen molar-refractivity contribution in [1.82, 2.24) is 15.0 Å². The molecule has 114 valence electrons. The molecule has 0 spiro atoms. The molecule has 2 heterocycles. The van der Waals surface area contributed by atoms with E-state index in [1.807, 2.05) is 19.9 Å². The Kier molecular flexibility index (Phi) is 3.98. The quantitative estimate of drug-likeness (QED) is 0.751. The first-order chi connectivity index (χ1) is 10.5. The summed E-state index contributed by atoms with van der Waals surface area (Å²) in [7, 11) is 0. The van der Waals surface area contributed by atoms with Gasteiger partial charge in [-0.3, -0.25) is 0 Å². The average molecular weight is 312 g/mol. The number of hydrogen-bond donors (Lipinski definition) is 2. The number of nitrogens with one attached hydrogen (secondary N) is 2. The first kappa shape index (κ1) is 14.8. The predicted octanol–water partition coefficient (Wildman–Crippen LogP) is 4.38. The number of hydrogen-bond acceptors (Lipinski definition) is 4. The highest BCUT2D eigenvalue weighted by atomic mass is 32.1. The summed E-state index contributed by atoms with van der Waals surface area (Å²) < 4.78 is 0. The van der Waals surface area contributed by atoms with Gasteiger partial charge in [0.25, 0.3) is 0 Å². The Balaban J connectivity index is 1.76. The van der Waals surface area contributed by atoms with E-state index in [1.54, 1.807) is 11.3 Å². The van der Waals surface area contributed by atoms with Crippen molar-refractivity contribution in [3.8, 4) is 11.4 Å². The number of H-pyrrole nitrogens is 1. The molecule has 4 nitrogen and oxygen atoms in total. The zero-order chi connectivity index (χ0) is 15.7. The van der Waals surface area contributed by atoms with E-state index in [0.717, 1.165) is 45.7 Å². The largest absolute Gasteiger partial charge is 0.379 e. The maximum atomic E-state index is 4.56. The summed E-state index contributed by atoms with van der Waals surface area (Å²) in [6.07, 6.45) is 0. The number of benzene rings is 1. The van der Waals surface area contributed by atoms with Crippen molar-refractivity contribution in [2.75, 3.05) is 5.32 Å². The fourth-order valence-electron chi connectivity index (χ4n) is 2.25. The second-order valence-corrected chi connectivity index (χ2v) is 6.77. The minimum Gasteiger partial charge on any atom is -0.379 e. The van der Waals surface area contributed by atoms with Gasteiger partial charge in [0.1, 0.15) is 10.8 Å². The summed E-state index contributed by atoms with van der Waals surface area (Å²) in [5.74, 6) is 0.916. The average Bonchev–Trinajstić information content (AvgIpc) is 3.00. The van der Waals surface area contributed by atoms with E-state index in [1.165, 1.54) is 4.88 Å². The Bertz CT molecular complexity index is 762. The van der Waals surface area contributed by atoms with Crippen molar-refractivity contribution >= 4 is 17.0 Å². The van der Waals surface area contributed by atoms with Crippen LogP contribution < -0.4 is 5.32 Å². The number of imidazole rings is 1. The molecule has 0 amide bonds. The van der Waals surface area contributed by atoms with Crippen LogP contribution in [0.5, 0.6) is 0 Å². The Morgan fingerprint density at radius 2 is 1.91 bits per heavy atom. The molecule has 0 aliphatic heterocycles. The smallest absolute Gasteiger partial charge is 0.137 e. The molecule has 2 aromatic heterocycles. The van der Waals surface area contributed by atoms with E-state index in [-0.39, 0.29) is 0 Å². The van der Waals surface area contributed by atoms with Crippen LogP contribution in [0.1, 0.15) is 27.0 Å². The summed E-state index contributed by atoms with van der Waals surface area (Å²) in [5.41, 5.74) is 5.45. The standard InChI is InChI=1S/C17H20N4S/c1-10-11(2)21-17(20-10)14-6-5-7-15(8-14)18-9-16-19-12(3)13(4)22-16/h5-8,18H,9H2,1-4H3,(H,20,21). The van der Waals surface area contributed by atoms with Crippen LogP contribution in [0.15, 0.2) is 24.3 Å². The monoisotopic (exact) mass is 312 g/mol. The van der Waals surface area contributed by atoms with E-state index in [0.29, 0.717) is 0 Å². The third-order valence-electron chi connectivity index (χ3n) is 3.78. The molecule has 22 heavy (non-hydrogen) atoms. The van der Waals surface area contributed by atoms with Gasteiger partial charge in [-0.1, -0.05) is 12.1 Å². The highest BCUT2D eigenvalue weighted by Crippen LogP contribution is 2.22. The minimum atomic E-state index is 0.749. The molecular formula is C17H20N4S. The molecule has 1 aromatic carbocycles. The van der Waals surface area contributed by atoms with Gasteiger partial charge in [-0.05, 0) is 39.8 Å². The van der Waals surface area contributed by atoms with Crippen LogP contribution in [-0.4, -0.2) is 15.0 Å². The number of nitrogens with zero attached hydrogens (tertiary/aromatic N) is 2. The first-order valence-electron chi connectivity index (χ1n) is 7.33. The fraction of sp³-hybridized carbons (Fsp3) is 0.294. The maximum Gasteiger partial charge on any atom is 0.137 e. The Morgan fingerprint density at radius 3 is 2.55 bits per heavy atom. The van der Waals surface area contributed by atoms with Gasteiger partial charge in [0, 0.05) is 21.8 Å². The zero-order valence-corrected chi connectivity index (χ0v) is 14.1. The Morgan fingerprint density at radius 1 is 1.09 bits per heavy atom. The first-order valence-corrected chi connectivity index (χ1v) is 8.15. The fourth-order valence-corrected chi connectivity index (χ4v) is 3.13. The molecule has 0 unspecified atom stereocenters. The SMILES string of the molecule is Cc1nc(-c2cccc(NCc3nc(C)c(C)s3)c2)[nH]c1C. The van der Waals surface area contributed by atoms with Crippen molar-refractivity contribution in [3.63, 3.8) is 0 Å². The molecule has 0 fully saturated rings. The van der Waals surface area contributed by atoms with Crippen LogP contribution in [-0.2, 0) is 6.54 Å². The lowest BCUT2D eigenvalue weighted by molar-refractivity contribution is 1.07. The molecule has 0 atom stereocenters. The van der Waals surface area contributed by atoms with Crippen LogP contribution >= 0.6 is 11.3 Å². The summed E-state index contributed by atoms with van der Waals surface area (Å²) in [5, 5.41) is 4.56. The van der Waals surface area contributed by atoms with E-state index in [9.17, 15) is 0 Å². The number of thiazole rings is 1. The molecule has 0 bridgehead atoms.